The van der Waals surface area contributed by atoms with E-state index >= 15 is 0 Å². The topological polar surface area (TPSA) is 26.3 Å². The van der Waals surface area contributed by atoms with Gasteiger partial charge in [-0.3, -0.25) is 4.79 Å². The Balaban J connectivity index is 2.72. The fraction of sp³-hybridized carbons (Fsp3) is 0.909. The molecule has 1 saturated heterocycles. The summed E-state index contributed by atoms with van der Waals surface area (Å²) in [6.07, 6.45) is 4.45. The summed E-state index contributed by atoms with van der Waals surface area (Å²) in [5.74, 6) is 0.496. The number of cyclic esters (lactones) is 1. The third-order valence-corrected chi connectivity index (χ3v) is 3.11. The lowest BCUT2D eigenvalue weighted by atomic mass is 9.75. The molecule has 76 valence electrons. The molecule has 1 aliphatic heterocycles. The standard InChI is InChI=1S/C11H20O2/c1-4-6-9-7-5-8-13-10(12)11(9,2)3/h9H,4-8H2,1-3H3. The highest BCUT2D eigenvalue weighted by Crippen LogP contribution is 2.37. The van der Waals surface area contributed by atoms with Crippen LogP contribution in [0.2, 0.25) is 0 Å². The lowest BCUT2D eigenvalue weighted by Gasteiger charge is -2.29. The molecular weight excluding hydrogens is 164 g/mol. The minimum atomic E-state index is -0.271. The molecule has 0 amide bonds. The van der Waals surface area contributed by atoms with Crippen LogP contribution in [-0.4, -0.2) is 12.6 Å². The zero-order valence-electron chi connectivity index (χ0n) is 8.93. The maximum atomic E-state index is 11.6. The van der Waals surface area contributed by atoms with Crippen molar-refractivity contribution in [3.8, 4) is 0 Å². The van der Waals surface area contributed by atoms with Crippen molar-refractivity contribution in [3.63, 3.8) is 0 Å². The average Bonchev–Trinajstić information content (AvgIpc) is 2.18. The van der Waals surface area contributed by atoms with E-state index in [4.69, 9.17) is 4.74 Å². The van der Waals surface area contributed by atoms with Crippen LogP contribution in [0.3, 0.4) is 0 Å². The molecule has 2 heteroatoms. The molecule has 1 rings (SSSR count). The van der Waals surface area contributed by atoms with Crippen LogP contribution in [0.15, 0.2) is 0 Å². The molecule has 0 spiro atoms. The molecule has 1 aliphatic rings. The summed E-state index contributed by atoms with van der Waals surface area (Å²) in [7, 11) is 0. The van der Waals surface area contributed by atoms with Crippen LogP contribution in [0.5, 0.6) is 0 Å². The second-order valence-electron chi connectivity index (χ2n) is 4.49. The van der Waals surface area contributed by atoms with Gasteiger partial charge in [-0.25, -0.2) is 0 Å². The summed E-state index contributed by atoms with van der Waals surface area (Å²) >= 11 is 0. The Bertz CT molecular complexity index is 185. The molecule has 0 aromatic rings. The summed E-state index contributed by atoms with van der Waals surface area (Å²) in [5, 5.41) is 0. The predicted molar refractivity (Wildman–Crippen MR) is 52.4 cm³/mol. The molecule has 1 heterocycles. The molecule has 0 bridgehead atoms. The maximum Gasteiger partial charge on any atom is 0.311 e. The molecule has 0 aromatic carbocycles. The van der Waals surface area contributed by atoms with Crippen LogP contribution in [0.4, 0.5) is 0 Å². The molecule has 0 N–H and O–H groups in total. The Morgan fingerprint density at radius 2 is 2.23 bits per heavy atom. The van der Waals surface area contributed by atoms with Gasteiger partial charge in [0.25, 0.3) is 0 Å². The van der Waals surface area contributed by atoms with E-state index in [-0.39, 0.29) is 11.4 Å². The summed E-state index contributed by atoms with van der Waals surface area (Å²) < 4.78 is 5.16. The summed E-state index contributed by atoms with van der Waals surface area (Å²) in [4.78, 5) is 11.6. The lowest BCUT2D eigenvalue weighted by molar-refractivity contribution is -0.154. The van der Waals surface area contributed by atoms with E-state index in [1.807, 2.05) is 13.8 Å². The van der Waals surface area contributed by atoms with Crippen LogP contribution < -0.4 is 0 Å². The van der Waals surface area contributed by atoms with Crippen LogP contribution in [-0.2, 0) is 9.53 Å². The van der Waals surface area contributed by atoms with Crippen molar-refractivity contribution in [3.05, 3.63) is 0 Å². The van der Waals surface area contributed by atoms with Crippen molar-refractivity contribution in [1.29, 1.82) is 0 Å². The first-order valence-corrected chi connectivity index (χ1v) is 5.26. The van der Waals surface area contributed by atoms with Gasteiger partial charge in [0.15, 0.2) is 0 Å². The maximum absolute atomic E-state index is 11.6. The van der Waals surface area contributed by atoms with Gasteiger partial charge in [-0.05, 0) is 39.0 Å². The van der Waals surface area contributed by atoms with Crippen molar-refractivity contribution in [2.24, 2.45) is 11.3 Å². The van der Waals surface area contributed by atoms with Gasteiger partial charge in [0.05, 0.1) is 12.0 Å². The first-order valence-electron chi connectivity index (χ1n) is 5.26. The summed E-state index contributed by atoms with van der Waals surface area (Å²) in [6, 6.07) is 0. The van der Waals surface area contributed by atoms with E-state index in [1.165, 1.54) is 0 Å². The van der Waals surface area contributed by atoms with E-state index < -0.39 is 0 Å². The zero-order valence-corrected chi connectivity index (χ0v) is 8.93. The van der Waals surface area contributed by atoms with Crippen LogP contribution >= 0.6 is 0 Å². The van der Waals surface area contributed by atoms with Crippen molar-refractivity contribution >= 4 is 5.97 Å². The highest BCUT2D eigenvalue weighted by molar-refractivity contribution is 5.76. The third-order valence-electron chi connectivity index (χ3n) is 3.11. The van der Waals surface area contributed by atoms with E-state index in [0.29, 0.717) is 12.5 Å². The van der Waals surface area contributed by atoms with Crippen molar-refractivity contribution in [1.82, 2.24) is 0 Å². The molecule has 0 aromatic heterocycles. The Labute approximate surface area is 80.7 Å². The van der Waals surface area contributed by atoms with E-state index in [1.54, 1.807) is 0 Å². The summed E-state index contributed by atoms with van der Waals surface area (Å²) in [6.45, 7) is 6.82. The zero-order chi connectivity index (χ0) is 9.90. The Morgan fingerprint density at radius 3 is 2.85 bits per heavy atom. The molecule has 2 nitrogen and oxygen atoms in total. The molecular formula is C11H20O2. The Kier molecular flexibility index (Phi) is 3.34. The van der Waals surface area contributed by atoms with Crippen LogP contribution in [0, 0.1) is 11.3 Å². The molecule has 1 unspecified atom stereocenters. The van der Waals surface area contributed by atoms with Crippen molar-refractivity contribution < 1.29 is 9.53 Å². The smallest absolute Gasteiger partial charge is 0.311 e. The van der Waals surface area contributed by atoms with Gasteiger partial charge in [0, 0.05) is 0 Å². The van der Waals surface area contributed by atoms with E-state index in [0.717, 1.165) is 25.7 Å². The summed E-state index contributed by atoms with van der Waals surface area (Å²) in [5.41, 5.74) is -0.271. The first kappa shape index (κ1) is 10.6. The van der Waals surface area contributed by atoms with E-state index in [9.17, 15) is 4.79 Å². The monoisotopic (exact) mass is 184 g/mol. The fourth-order valence-electron chi connectivity index (χ4n) is 2.06. The number of hydrogen-bond donors (Lipinski definition) is 0. The molecule has 0 radical (unpaired) electrons. The number of hydrogen-bond acceptors (Lipinski definition) is 2. The number of carbonyl (C=O) groups is 1. The number of rotatable bonds is 2. The molecule has 1 fully saturated rings. The van der Waals surface area contributed by atoms with E-state index in [2.05, 4.69) is 6.92 Å². The van der Waals surface area contributed by atoms with Gasteiger partial charge in [-0.2, -0.15) is 0 Å². The number of ether oxygens (including phenoxy) is 1. The van der Waals surface area contributed by atoms with Gasteiger partial charge in [0.2, 0.25) is 0 Å². The Morgan fingerprint density at radius 1 is 1.54 bits per heavy atom. The fourth-order valence-corrected chi connectivity index (χ4v) is 2.06. The van der Waals surface area contributed by atoms with Crippen LogP contribution in [0.25, 0.3) is 0 Å². The second-order valence-corrected chi connectivity index (χ2v) is 4.49. The van der Waals surface area contributed by atoms with Gasteiger partial charge in [-0.1, -0.05) is 13.3 Å². The quantitative estimate of drug-likeness (QED) is 0.617. The van der Waals surface area contributed by atoms with Gasteiger partial charge < -0.3 is 4.74 Å². The number of carbonyl (C=O) groups excluding carboxylic acids is 1. The minimum absolute atomic E-state index is 0.0107. The SMILES string of the molecule is CCCC1CCCOC(=O)C1(C)C. The first-order chi connectivity index (χ1) is 6.09. The van der Waals surface area contributed by atoms with Crippen LogP contribution in [0.1, 0.15) is 46.5 Å². The second kappa shape index (κ2) is 4.12. The predicted octanol–water partition coefficient (Wildman–Crippen LogP) is 2.77. The van der Waals surface area contributed by atoms with Crippen molar-refractivity contribution in [2.45, 2.75) is 46.5 Å². The molecule has 1 atom stereocenters. The van der Waals surface area contributed by atoms with Gasteiger partial charge in [-0.15, -0.1) is 0 Å². The molecule has 0 saturated carbocycles. The van der Waals surface area contributed by atoms with Gasteiger partial charge >= 0.3 is 5.97 Å². The number of esters is 1. The third kappa shape index (κ3) is 2.23. The average molecular weight is 184 g/mol. The van der Waals surface area contributed by atoms with Gasteiger partial charge in [0.1, 0.15) is 0 Å². The highest BCUT2D eigenvalue weighted by Gasteiger charge is 2.38. The normalized spacial score (nSPS) is 27.9. The minimum Gasteiger partial charge on any atom is -0.465 e. The largest absolute Gasteiger partial charge is 0.465 e. The molecule has 0 aliphatic carbocycles. The molecule has 13 heavy (non-hydrogen) atoms. The Hall–Kier alpha value is -0.530. The van der Waals surface area contributed by atoms with Crippen molar-refractivity contribution in [2.75, 3.05) is 6.61 Å². The lowest BCUT2D eigenvalue weighted by Crippen LogP contribution is -2.32. The highest BCUT2D eigenvalue weighted by atomic mass is 16.5.